The Kier molecular flexibility index (Phi) is 3.51. The number of rotatable bonds is 3. The Morgan fingerprint density at radius 2 is 1.95 bits per heavy atom. The Balaban J connectivity index is 2.54. The summed E-state index contributed by atoms with van der Waals surface area (Å²) in [6.45, 7) is 3.75. The van der Waals surface area contributed by atoms with E-state index in [9.17, 15) is 9.90 Å². The van der Waals surface area contributed by atoms with Crippen LogP contribution in [0.25, 0.3) is 11.1 Å². The van der Waals surface area contributed by atoms with Gasteiger partial charge >= 0.3 is 5.97 Å². The summed E-state index contributed by atoms with van der Waals surface area (Å²) in [5, 5.41) is 9.17. The third-order valence-electron chi connectivity index (χ3n) is 3.06. The van der Waals surface area contributed by atoms with Crippen molar-refractivity contribution in [1.82, 2.24) is 4.98 Å². The minimum absolute atomic E-state index is 0.316. The van der Waals surface area contributed by atoms with Crippen LogP contribution in [-0.4, -0.2) is 23.2 Å². The number of pyridine rings is 1. The van der Waals surface area contributed by atoms with E-state index in [0.717, 1.165) is 22.3 Å². The molecule has 0 bridgehead atoms. The third kappa shape index (κ3) is 2.57. The lowest BCUT2D eigenvalue weighted by molar-refractivity contribution is 0.0696. The summed E-state index contributed by atoms with van der Waals surface area (Å²) in [5.41, 5.74) is 3.85. The number of hydrogen-bond acceptors (Lipinski definition) is 3. The van der Waals surface area contributed by atoms with Crippen LogP contribution in [0.15, 0.2) is 30.5 Å². The topological polar surface area (TPSA) is 59.4 Å². The van der Waals surface area contributed by atoms with Crippen LogP contribution in [0, 0.1) is 13.8 Å². The third-order valence-corrected chi connectivity index (χ3v) is 3.06. The van der Waals surface area contributed by atoms with Gasteiger partial charge in [-0.05, 0) is 42.7 Å². The number of hydrogen-bond donors (Lipinski definition) is 1. The fourth-order valence-electron chi connectivity index (χ4n) is 2.05. The lowest BCUT2D eigenvalue weighted by Crippen LogP contribution is -2.01. The normalized spacial score (nSPS) is 10.3. The molecule has 2 aromatic rings. The van der Waals surface area contributed by atoms with Gasteiger partial charge in [0.25, 0.3) is 0 Å². The van der Waals surface area contributed by atoms with Crippen molar-refractivity contribution >= 4 is 5.97 Å². The van der Waals surface area contributed by atoms with Gasteiger partial charge in [-0.1, -0.05) is 6.07 Å². The molecule has 1 aromatic carbocycles. The zero-order valence-corrected chi connectivity index (χ0v) is 11.1. The Morgan fingerprint density at radius 3 is 2.47 bits per heavy atom. The zero-order chi connectivity index (χ0) is 14.0. The number of carbonyl (C=O) groups is 1. The van der Waals surface area contributed by atoms with Crippen molar-refractivity contribution in [2.45, 2.75) is 13.8 Å². The van der Waals surface area contributed by atoms with Gasteiger partial charge < -0.3 is 9.84 Å². The molecule has 0 saturated heterocycles. The molecule has 0 aliphatic carbocycles. The number of methoxy groups -OCH3 is 1. The summed E-state index contributed by atoms with van der Waals surface area (Å²) < 4.78 is 5.01. The maximum atomic E-state index is 11.2. The molecular weight excluding hydrogens is 242 g/mol. The number of nitrogens with zero attached hydrogens (tertiary/aromatic N) is 1. The van der Waals surface area contributed by atoms with Crippen LogP contribution < -0.4 is 4.74 Å². The molecule has 0 aliphatic heterocycles. The molecule has 0 unspecified atom stereocenters. The second-order valence-electron chi connectivity index (χ2n) is 4.38. The molecule has 0 aliphatic rings. The van der Waals surface area contributed by atoms with Crippen molar-refractivity contribution in [3.05, 3.63) is 47.2 Å². The summed E-state index contributed by atoms with van der Waals surface area (Å²) >= 11 is 0. The summed E-state index contributed by atoms with van der Waals surface area (Å²) in [7, 11) is 1.56. The van der Waals surface area contributed by atoms with Crippen LogP contribution in [0.1, 0.15) is 21.5 Å². The van der Waals surface area contributed by atoms with Gasteiger partial charge in [-0.3, -0.25) is 0 Å². The molecule has 2 rings (SSSR count). The van der Waals surface area contributed by atoms with Gasteiger partial charge in [0.2, 0.25) is 5.88 Å². The summed E-state index contributed by atoms with van der Waals surface area (Å²) in [6.07, 6.45) is 1.68. The number of aromatic nitrogens is 1. The molecule has 1 heterocycles. The number of benzene rings is 1. The van der Waals surface area contributed by atoms with Gasteiger partial charge in [0, 0.05) is 17.8 Å². The quantitative estimate of drug-likeness (QED) is 0.918. The maximum Gasteiger partial charge on any atom is 0.335 e. The van der Waals surface area contributed by atoms with E-state index in [1.807, 2.05) is 19.1 Å². The summed E-state index contributed by atoms with van der Waals surface area (Å²) in [6, 6.07) is 7.20. The first-order valence-corrected chi connectivity index (χ1v) is 5.88. The largest absolute Gasteiger partial charge is 0.481 e. The molecule has 0 saturated carbocycles. The predicted octanol–water partition coefficient (Wildman–Crippen LogP) is 3.07. The van der Waals surface area contributed by atoms with E-state index >= 15 is 0 Å². The molecule has 98 valence electrons. The average Bonchev–Trinajstić information content (AvgIpc) is 2.38. The molecule has 1 aromatic heterocycles. The van der Waals surface area contributed by atoms with E-state index in [4.69, 9.17) is 4.74 Å². The number of aryl methyl sites for hydroxylation is 2. The molecule has 0 amide bonds. The molecule has 0 fully saturated rings. The van der Waals surface area contributed by atoms with Crippen LogP contribution in [0.2, 0.25) is 0 Å². The Bertz CT molecular complexity index is 618. The summed E-state index contributed by atoms with van der Waals surface area (Å²) in [5.74, 6) is -0.382. The Hall–Kier alpha value is -2.36. The first-order chi connectivity index (χ1) is 9.02. The standard InChI is InChI=1S/C15H15NO3/c1-9-6-10(2)13(15(17)18)7-12(9)11-4-5-14(19-3)16-8-11/h4-8H,1-3H3,(H,17,18). The van der Waals surface area contributed by atoms with Gasteiger partial charge in [-0.25, -0.2) is 9.78 Å². The van der Waals surface area contributed by atoms with E-state index < -0.39 is 5.97 Å². The fraction of sp³-hybridized carbons (Fsp3) is 0.200. The Labute approximate surface area is 111 Å². The minimum Gasteiger partial charge on any atom is -0.481 e. The number of aromatic carboxylic acids is 1. The lowest BCUT2D eigenvalue weighted by atomic mass is 9.96. The second-order valence-corrected chi connectivity index (χ2v) is 4.38. The van der Waals surface area contributed by atoms with Gasteiger partial charge in [0.15, 0.2) is 0 Å². The number of ether oxygens (including phenoxy) is 1. The molecule has 4 heteroatoms. The second kappa shape index (κ2) is 5.10. The zero-order valence-electron chi connectivity index (χ0n) is 11.1. The van der Waals surface area contributed by atoms with Crippen LogP contribution in [0.3, 0.4) is 0 Å². The molecule has 4 nitrogen and oxygen atoms in total. The van der Waals surface area contributed by atoms with E-state index in [1.54, 1.807) is 32.4 Å². The monoisotopic (exact) mass is 257 g/mol. The number of carboxylic acids is 1. The highest BCUT2D eigenvalue weighted by Crippen LogP contribution is 2.27. The smallest absolute Gasteiger partial charge is 0.335 e. The van der Waals surface area contributed by atoms with Crippen LogP contribution in [0.5, 0.6) is 5.88 Å². The van der Waals surface area contributed by atoms with E-state index in [1.165, 1.54) is 0 Å². The molecule has 0 spiro atoms. The molecular formula is C15H15NO3. The number of carboxylic acid groups (broad SMARTS) is 1. The van der Waals surface area contributed by atoms with Gasteiger partial charge in [0.05, 0.1) is 12.7 Å². The highest BCUT2D eigenvalue weighted by Gasteiger charge is 2.12. The molecule has 0 atom stereocenters. The highest BCUT2D eigenvalue weighted by atomic mass is 16.5. The lowest BCUT2D eigenvalue weighted by Gasteiger charge is -2.10. The highest BCUT2D eigenvalue weighted by molar-refractivity contribution is 5.91. The van der Waals surface area contributed by atoms with E-state index in [0.29, 0.717) is 11.4 Å². The van der Waals surface area contributed by atoms with Gasteiger partial charge in [-0.2, -0.15) is 0 Å². The van der Waals surface area contributed by atoms with E-state index in [2.05, 4.69) is 4.98 Å². The average molecular weight is 257 g/mol. The van der Waals surface area contributed by atoms with Crippen LogP contribution in [0.4, 0.5) is 0 Å². The fourth-order valence-corrected chi connectivity index (χ4v) is 2.05. The van der Waals surface area contributed by atoms with Crippen molar-refractivity contribution < 1.29 is 14.6 Å². The minimum atomic E-state index is -0.916. The van der Waals surface area contributed by atoms with Crippen molar-refractivity contribution in [2.75, 3.05) is 7.11 Å². The Morgan fingerprint density at radius 1 is 1.21 bits per heavy atom. The summed E-state index contributed by atoms with van der Waals surface area (Å²) in [4.78, 5) is 15.3. The maximum absolute atomic E-state index is 11.2. The molecule has 0 radical (unpaired) electrons. The molecule has 19 heavy (non-hydrogen) atoms. The van der Waals surface area contributed by atoms with Crippen LogP contribution in [-0.2, 0) is 0 Å². The van der Waals surface area contributed by atoms with Gasteiger partial charge in [-0.15, -0.1) is 0 Å². The van der Waals surface area contributed by atoms with E-state index in [-0.39, 0.29) is 0 Å². The van der Waals surface area contributed by atoms with Crippen molar-refractivity contribution in [1.29, 1.82) is 0 Å². The van der Waals surface area contributed by atoms with Gasteiger partial charge in [0.1, 0.15) is 0 Å². The first kappa shape index (κ1) is 13.1. The predicted molar refractivity (Wildman–Crippen MR) is 72.7 cm³/mol. The van der Waals surface area contributed by atoms with Crippen molar-refractivity contribution in [3.63, 3.8) is 0 Å². The van der Waals surface area contributed by atoms with Crippen molar-refractivity contribution in [2.24, 2.45) is 0 Å². The van der Waals surface area contributed by atoms with Crippen molar-refractivity contribution in [3.8, 4) is 17.0 Å². The first-order valence-electron chi connectivity index (χ1n) is 5.88. The SMILES string of the molecule is COc1ccc(-c2cc(C(=O)O)c(C)cc2C)cn1. The molecule has 1 N–H and O–H groups in total. The van der Waals surface area contributed by atoms with Crippen LogP contribution >= 0.6 is 0 Å².